The SMILES string of the molecule is CCOCCN(C)c1nc(COC)c(CNCCOC)s1. The van der Waals surface area contributed by atoms with Crippen molar-refractivity contribution in [2.45, 2.75) is 20.1 Å². The first-order valence-corrected chi connectivity index (χ1v) is 8.00. The minimum Gasteiger partial charge on any atom is -0.383 e. The van der Waals surface area contributed by atoms with Gasteiger partial charge in [-0.3, -0.25) is 0 Å². The molecule has 1 aromatic rings. The van der Waals surface area contributed by atoms with Gasteiger partial charge in [0, 0.05) is 52.4 Å². The van der Waals surface area contributed by atoms with Crippen LogP contribution in [0.1, 0.15) is 17.5 Å². The van der Waals surface area contributed by atoms with Gasteiger partial charge in [0.25, 0.3) is 0 Å². The molecule has 6 nitrogen and oxygen atoms in total. The molecular formula is C14H27N3O3S. The number of methoxy groups -OCH3 is 2. The van der Waals surface area contributed by atoms with Gasteiger partial charge in [-0.1, -0.05) is 0 Å². The van der Waals surface area contributed by atoms with Crippen LogP contribution in [0.5, 0.6) is 0 Å². The lowest BCUT2D eigenvalue weighted by Crippen LogP contribution is -2.22. The molecule has 7 heteroatoms. The van der Waals surface area contributed by atoms with Crippen LogP contribution in [0.3, 0.4) is 0 Å². The molecule has 1 heterocycles. The van der Waals surface area contributed by atoms with E-state index in [0.717, 1.165) is 37.1 Å². The average Bonchev–Trinajstić information content (AvgIpc) is 2.87. The van der Waals surface area contributed by atoms with Gasteiger partial charge in [0.2, 0.25) is 0 Å². The van der Waals surface area contributed by atoms with Crippen molar-refractivity contribution in [3.8, 4) is 0 Å². The van der Waals surface area contributed by atoms with E-state index < -0.39 is 0 Å². The van der Waals surface area contributed by atoms with Gasteiger partial charge in [-0.2, -0.15) is 0 Å². The van der Waals surface area contributed by atoms with Crippen LogP contribution in [0.2, 0.25) is 0 Å². The van der Waals surface area contributed by atoms with Crippen molar-refractivity contribution in [1.29, 1.82) is 0 Å². The normalized spacial score (nSPS) is 11.0. The van der Waals surface area contributed by atoms with Crippen LogP contribution in [0.15, 0.2) is 0 Å². The summed E-state index contributed by atoms with van der Waals surface area (Å²) in [6, 6.07) is 0. The Kier molecular flexibility index (Phi) is 9.53. The van der Waals surface area contributed by atoms with Crippen LogP contribution in [0.4, 0.5) is 5.13 Å². The highest BCUT2D eigenvalue weighted by molar-refractivity contribution is 7.15. The second-order valence-electron chi connectivity index (χ2n) is 4.59. The highest BCUT2D eigenvalue weighted by Crippen LogP contribution is 2.26. The number of aromatic nitrogens is 1. The lowest BCUT2D eigenvalue weighted by molar-refractivity contribution is 0.154. The second kappa shape index (κ2) is 10.9. The lowest BCUT2D eigenvalue weighted by Gasteiger charge is -2.15. The smallest absolute Gasteiger partial charge is 0.185 e. The maximum atomic E-state index is 5.39. The molecule has 0 fully saturated rings. The lowest BCUT2D eigenvalue weighted by atomic mass is 10.3. The van der Waals surface area contributed by atoms with Gasteiger partial charge < -0.3 is 24.4 Å². The molecule has 0 aliphatic carbocycles. The molecule has 1 rings (SSSR count). The Morgan fingerprint density at radius 3 is 2.71 bits per heavy atom. The third-order valence-corrected chi connectivity index (χ3v) is 4.13. The Morgan fingerprint density at radius 1 is 1.24 bits per heavy atom. The zero-order valence-electron chi connectivity index (χ0n) is 13.5. The van der Waals surface area contributed by atoms with Crippen molar-refractivity contribution in [2.75, 3.05) is 59.1 Å². The standard InChI is InChI=1S/C14H27N3O3S/c1-5-20-9-7-17(2)14-16-12(11-19-4)13(21-14)10-15-6-8-18-3/h15H,5-11H2,1-4H3. The Hall–Kier alpha value is -0.730. The van der Waals surface area contributed by atoms with E-state index in [1.807, 2.05) is 14.0 Å². The summed E-state index contributed by atoms with van der Waals surface area (Å²) in [6.45, 7) is 7.17. The van der Waals surface area contributed by atoms with E-state index in [0.29, 0.717) is 19.8 Å². The van der Waals surface area contributed by atoms with Crippen molar-refractivity contribution >= 4 is 16.5 Å². The number of hydrogen-bond acceptors (Lipinski definition) is 7. The van der Waals surface area contributed by atoms with Gasteiger partial charge in [-0.05, 0) is 6.92 Å². The van der Waals surface area contributed by atoms with Crippen molar-refractivity contribution in [3.63, 3.8) is 0 Å². The fourth-order valence-electron chi connectivity index (χ4n) is 1.74. The average molecular weight is 317 g/mol. The number of likely N-dealkylation sites (N-methyl/N-ethyl adjacent to an activating group) is 1. The third-order valence-electron chi connectivity index (χ3n) is 2.92. The summed E-state index contributed by atoms with van der Waals surface area (Å²) in [5.74, 6) is 0. The van der Waals surface area contributed by atoms with Crippen LogP contribution in [0.25, 0.3) is 0 Å². The van der Waals surface area contributed by atoms with Crippen molar-refractivity contribution in [3.05, 3.63) is 10.6 Å². The third kappa shape index (κ3) is 6.71. The van der Waals surface area contributed by atoms with Crippen LogP contribution in [-0.4, -0.2) is 59.2 Å². The van der Waals surface area contributed by atoms with Gasteiger partial charge in [0.05, 0.1) is 25.5 Å². The summed E-state index contributed by atoms with van der Waals surface area (Å²) in [7, 11) is 5.44. The fourth-order valence-corrected chi connectivity index (χ4v) is 2.76. The molecule has 0 atom stereocenters. The molecule has 0 saturated heterocycles. The predicted molar refractivity (Wildman–Crippen MR) is 86.2 cm³/mol. The topological polar surface area (TPSA) is 55.9 Å². The molecule has 0 radical (unpaired) electrons. The largest absolute Gasteiger partial charge is 0.383 e. The Balaban J connectivity index is 2.59. The monoisotopic (exact) mass is 317 g/mol. The number of rotatable bonds is 12. The Labute approximate surface area is 131 Å². The van der Waals surface area contributed by atoms with Crippen LogP contribution in [0, 0.1) is 0 Å². The molecule has 1 N–H and O–H groups in total. The maximum absolute atomic E-state index is 5.39. The summed E-state index contributed by atoms with van der Waals surface area (Å²) in [5, 5.41) is 4.36. The van der Waals surface area contributed by atoms with Crippen LogP contribution in [-0.2, 0) is 27.4 Å². The maximum Gasteiger partial charge on any atom is 0.185 e. The van der Waals surface area contributed by atoms with E-state index in [2.05, 4.69) is 15.2 Å². The Bertz CT molecular complexity index is 388. The number of nitrogens with zero attached hydrogens (tertiary/aromatic N) is 2. The summed E-state index contributed by atoms with van der Waals surface area (Å²) >= 11 is 1.70. The van der Waals surface area contributed by atoms with Crippen molar-refractivity contribution in [1.82, 2.24) is 10.3 Å². The molecule has 1 aromatic heterocycles. The molecule has 0 saturated carbocycles. The molecule has 0 spiro atoms. The van der Waals surface area contributed by atoms with Gasteiger partial charge in [0.15, 0.2) is 5.13 Å². The quantitative estimate of drug-likeness (QED) is 0.590. The van der Waals surface area contributed by atoms with Gasteiger partial charge in [-0.15, -0.1) is 11.3 Å². The number of anilines is 1. The zero-order valence-corrected chi connectivity index (χ0v) is 14.3. The molecular weight excluding hydrogens is 290 g/mol. The van der Waals surface area contributed by atoms with Crippen molar-refractivity contribution in [2.24, 2.45) is 0 Å². The molecule has 0 aliphatic rings. The van der Waals surface area contributed by atoms with E-state index in [9.17, 15) is 0 Å². The van der Waals surface area contributed by atoms with E-state index in [4.69, 9.17) is 14.2 Å². The molecule has 122 valence electrons. The molecule has 0 amide bonds. The van der Waals surface area contributed by atoms with E-state index in [1.54, 1.807) is 25.6 Å². The first kappa shape index (κ1) is 18.3. The number of hydrogen-bond donors (Lipinski definition) is 1. The molecule has 0 bridgehead atoms. The van der Waals surface area contributed by atoms with Gasteiger partial charge in [0.1, 0.15) is 0 Å². The van der Waals surface area contributed by atoms with Crippen LogP contribution >= 0.6 is 11.3 Å². The zero-order chi connectivity index (χ0) is 15.5. The number of thiazole rings is 1. The highest BCUT2D eigenvalue weighted by Gasteiger charge is 2.13. The fraction of sp³-hybridized carbons (Fsp3) is 0.786. The van der Waals surface area contributed by atoms with Gasteiger partial charge >= 0.3 is 0 Å². The molecule has 0 unspecified atom stereocenters. The minimum absolute atomic E-state index is 0.539. The Morgan fingerprint density at radius 2 is 2.05 bits per heavy atom. The van der Waals surface area contributed by atoms with E-state index in [1.165, 1.54) is 4.88 Å². The molecule has 21 heavy (non-hydrogen) atoms. The number of ether oxygens (including phenoxy) is 3. The molecule has 0 aliphatic heterocycles. The van der Waals surface area contributed by atoms with E-state index >= 15 is 0 Å². The minimum atomic E-state index is 0.539. The molecule has 0 aromatic carbocycles. The van der Waals surface area contributed by atoms with Crippen LogP contribution < -0.4 is 10.2 Å². The predicted octanol–water partition coefficient (Wildman–Crippen LogP) is 1.50. The number of nitrogens with one attached hydrogen (secondary N) is 1. The van der Waals surface area contributed by atoms with E-state index in [-0.39, 0.29) is 0 Å². The van der Waals surface area contributed by atoms with Crippen molar-refractivity contribution < 1.29 is 14.2 Å². The highest BCUT2D eigenvalue weighted by atomic mass is 32.1. The summed E-state index contributed by atoms with van der Waals surface area (Å²) in [4.78, 5) is 8.01. The van der Waals surface area contributed by atoms with Gasteiger partial charge in [-0.25, -0.2) is 4.98 Å². The summed E-state index contributed by atoms with van der Waals surface area (Å²) in [5.41, 5.74) is 1.01. The first-order valence-electron chi connectivity index (χ1n) is 7.19. The summed E-state index contributed by atoms with van der Waals surface area (Å²) < 4.78 is 15.7. The first-order chi connectivity index (χ1) is 10.2. The second-order valence-corrected chi connectivity index (χ2v) is 5.65. The summed E-state index contributed by atoms with van der Waals surface area (Å²) in [6.07, 6.45) is 0.